The predicted octanol–water partition coefficient (Wildman–Crippen LogP) is 3.91. The fourth-order valence-electron chi connectivity index (χ4n) is 2.81. The molecule has 1 aliphatic rings. The maximum atomic E-state index is 8.88. The fraction of sp³-hybridized carbons (Fsp3) is 0.316. The molecule has 0 spiro atoms. The zero-order valence-corrected chi connectivity index (χ0v) is 12.9. The average Bonchev–Trinajstić information content (AvgIpc) is 2.59. The molecule has 22 heavy (non-hydrogen) atoms. The quantitative estimate of drug-likeness (QED) is 0.857. The Kier molecular flexibility index (Phi) is 4.29. The molecule has 2 aromatic carbocycles. The van der Waals surface area contributed by atoms with E-state index in [0.29, 0.717) is 5.56 Å². The van der Waals surface area contributed by atoms with Crippen LogP contribution in [-0.2, 0) is 13.0 Å². The highest BCUT2D eigenvalue weighted by Crippen LogP contribution is 2.27. The van der Waals surface area contributed by atoms with Gasteiger partial charge in [-0.2, -0.15) is 5.26 Å². The van der Waals surface area contributed by atoms with Crippen LogP contribution in [0.1, 0.15) is 30.0 Å². The average molecular weight is 292 g/mol. The third kappa shape index (κ3) is 3.07. The van der Waals surface area contributed by atoms with Crippen molar-refractivity contribution in [3.05, 3.63) is 59.2 Å². The monoisotopic (exact) mass is 292 g/mol. The van der Waals surface area contributed by atoms with Gasteiger partial charge in [0.25, 0.3) is 0 Å². The maximum absolute atomic E-state index is 8.88. The molecule has 0 unspecified atom stereocenters. The molecule has 0 fully saturated rings. The van der Waals surface area contributed by atoms with Crippen LogP contribution in [0.15, 0.2) is 42.5 Å². The highest BCUT2D eigenvalue weighted by Gasteiger charge is 2.17. The largest absolute Gasteiger partial charge is 0.494 e. The van der Waals surface area contributed by atoms with Crippen LogP contribution >= 0.6 is 0 Å². The van der Waals surface area contributed by atoms with Crippen molar-refractivity contribution in [2.24, 2.45) is 0 Å². The summed E-state index contributed by atoms with van der Waals surface area (Å²) in [6, 6.07) is 16.4. The summed E-state index contributed by atoms with van der Waals surface area (Å²) in [5.41, 5.74) is 4.63. The first-order valence-electron chi connectivity index (χ1n) is 7.80. The molecule has 3 nitrogen and oxygen atoms in total. The van der Waals surface area contributed by atoms with Crippen molar-refractivity contribution < 1.29 is 4.74 Å². The second-order valence-corrected chi connectivity index (χ2v) is 5.61. The normalized spacial score (nSPS) is 13.4. The molecule has 0 aromatic heterocycles. The van der Waals surface area contributed by atoms with Crippen LogP contribution < -0.4 is 9.64 Å². The minimum absolute atomic E-state index is 0.707. The number of benzene rings is 2. The molecule has 1 aliphatic heterocycles. The molecule has 112 valence electrons. The lowest BCUT2D eigenvalue weighted by molar-refractivity contribution is 0.317. The summed E-state index contributed by atoms with van der Waals surface area (Å²) in [4.78, 5) is 2.36. The Hall–Kier alpha value is -2.47. The van der Waals surface area contributed by atoms with Gasteiger partial charge >= 0.3 is 0 Å². The van der Waals surface area contributed by atoms with Crippen LogP contribution in [0.4, 0.5) is 5.69 Å². The molecule has 2 aromatic rings. The Morgan fingerprint density at radius 3 is 2.68 bits per heavy atom. The van der Waals surface area contributed by atoms with Crippen LogP contribution in [0, 0.1) is 11.3 Å². The van der Waals surface area contributed by atoms with Gasteiger partial charge in [-0.15, -0.1) is 0 Å². The molecule has 0 bridgehead atoms. The molecule has 0 amide bonds. The minimum atomic E-state index is 0.707. The van der Waals surface area contributed by atoms with Crippen molar-refractivity contribution in [1.82, 2.24) is 0 Å². The Morgan fingerprint density at radius 1 is 1.14 bits per heavy atom. The molecule has 0 saturated carbocycles. The van der Waals surface area contributed by atoms with Crippen LogP contribution in [-0.4, -0.2) is 13.2 Å². The van der Waals surface area contributed by atoms with Gasteiger partial charge in [0.1, 0.15) is 5.75 Å². The van der Waals surface area contributed by atoms with Crippen molar-refractivity contribution in [2.45, 2.75) is 26.3 Å². The standard InChI is InChI=1S/C19H20N2O/c1-2-11-22-19-8-5-17-14-21(10-9-16(17)12-19)18-6-3-15(13-20)4-7-18/h3-8,12H,2,9-11,14H2,1H3. The Labute approximate surface area is 131 Å². The van der Waals surface area contributed by atoms with Gasteiger partial charge < -0.3 is 9.64 Å². The van der Waals surface area contributed by atoms with Gasteiger partial charge in [0.2, 0.25) is 0 Å². The molecule has 0 radical (unpaired) electrons. The number of anilines is 1. The van der Waals surface area contributed by atoms with Crippen molar-refractivity contribution >= 4 is 5.69 Å². The van der Waals surface area contributed by atoms with Crippen LogP contribution in [0.2, 0.25) is 0 Å². The third-order valence-corrected chi connectivity index (χ3v) is 4.02. The number of hydrogen-bond acceptors (Lipinski definition) is 3. The first kappa shape index (κ1) is 14.5. The fourth-order valence-corrected chi connectivity index (χ4v) is 2.81. The topological polar surface area (TPSA) is 36.3 Å². The molecule has 1 heterocycles. The summed E-state index contributed by atoms with van der Waals surface area (Å²) < 4.78 is 5.71. The molecule has 0 aliphatic carbocycles. The van der Waals surface area contributed by atoms with Gasteiger partial charge in [0.05, 0.1) is 18.2 Å². The maximum Gasteiger partial charge on any atom is 0.119 e. The molecular formula is C19H20N2O. The SMILES string of the molecule is CCCOc1ccc2c(c1)CCN(c1ccc(C#N)cc1)C2. The molecule has 0 N–H and O–H groups in total. The van der Waals surface area contributed by atoms with Crippen LogP contribution in [0.25, 0.3) is 0 Å². The van der Waals surface area contributed by atoms with Gasteiger partial charge in [-0.3, -0.25) is 0 Å². The Morgan fingerprint density at radius 2 is 1.95 bits per heavy atom. The molecule has 0 saturated heterocycles. The van der Waals surface area contributed by atoms with E-state index in [0.717, 1.165) is 38.3 Å². The lowest BCUT2D eigenvalue weighted by atomic mass is 9.99. The van der Waals surface area contributed by atoms with Crippen LogP contribution in [0.5, 0.6) is 5.75 Å². The number of nitrogens with zero attached hydrogens (tertiary/aromatic N) is 2. The van der Waals surface area contributed by atoms with Crippen molar-refractivity contribution in [3.8, 4) is 11.8 Å². The first-order chi connectivity index (χ1) is 10.8. The number of ether oxygens (including phenoxy) is 1. The molecule has 3 rings (SSSR count). The van der Waals surface area contributed by atoms with Crippen molar-refractivity contribution in [3.63, 3.8) is 0 Å². The van der Waals surface area contributed by atoms with E-state index in [4.69, 9.17) is 10.00 Å². The van der Waals surface area contributed by atoms with Gasteiger partial charge in [-0.05, 0) is 60.4 Å². The highest BCUT2D eigenvalue weighted by atomic mass is 16.5. The van der Waals surface area contributed by atoms with Gasteiger partial charge in [-0.1, -0.05) is 13.0 Å². The third-order valence-electron chi connectivity index (χ3n) is 4.02. The second-order valence-electron chi connectivity index (χ2n) is 5.61. The van der Waals surface area contributed by atoms with E-state index in [1.54, 1.807) is 0 Å². The molecule has 3 heteroatoms. The summed E-state index contributed by atoms with van der Waals surface area (Å²) in [5.74, 6) is 0.979. The van der Waals surface area contributed by atoms with Gasteiger partial charge in [0, 0.05) is 18.8 Å². The zero-order chi connectivity index (χ0) is 15.4. The zero-order valence-electron chi connectivity index (χ0n) is 12.9. The summed E-state index contributed by atoms with van der Waals surface area (Å²) in [6.45, 7) is 4.80. The smallest absolute Gasteiger partial charge is 0.119 e. The Bertz CT molecular complexity index is 686. The van der Waals surface area contributed by atoms with Crippen molar-refractivity contribution in [2.75, 3.05) is 18.1 Å². The minimum Gasteiger partial charge on any atom is -0.494 e. The van der Waals surface area contributed by atoms with E-state index >= 15 is 0 Å². The Balaban J connectivity index is 1.74. The number of fused-ring (bicyclic) bond motifs is 1. The summed E-state index contributed by atoms with van der Waals surface area (Å²) in [5, 5.41) is 8.88. The number of rotatable bonds is 4. The molecule has 0 atom stereocenters. The predicted molar refractivity (Wildman–Crippen MR) is 88.1 cm³/mol. The van der Waals surface area contributed by atoms with E-state index in [1.807, 2.05) is 24.3 Å². The van der Waals surface area contributed by atoms with Gasteiger partial charge in [-0.25, -0.2) is 0 Å². The van der Waals surface area contributed by atoms with Gasteiger partial charge in [0.15, 0.2) is 0 Å². The summed E-state index contributed by atoms with van der Waals surface area (Å²) >= 11 is 0. The van der Waals surface area contributed by atoms with E-state index in [-0.39, 0.29) is 0 Å². The lowest BCUT2D eigenvalue weighted by Gasteiger charge is -2.31. The van der Waals surface area contributed by atoms with E-state index in [9.17, 15) is 0 Å². The molecular weight excluding hydrogens is 272 g/mol. The summed E-state index contributed by atoms with van der Waals surface area (Å²) in [6.07, 6.45) is 2.06. The van der Waals surface area contributed by atoms with E-state index in [2.05, 4.69) is 36.1 Å². The van der Waals surface area contributed by atoms with Crippen LogP contribution in [0.3, 0.4) is 0 Å². The number of hydrogen-bond donors (Lipinski definition) is 0. The van der Waals surface area contributed by atoms with E-state index < -0.39 is 0 Å². The highest BCUT2D eigenvalue weighted by molar-refractivity contribution is 5.52. The van der Waals surface area contributed by atoms with Crippen molar-refractivity contribution in [1.29, 1.82) is 5.26 Å². The summed E-state index contributed by atoms with van der Waals surface area (Å²) in [7, 11) is 0. The van der Waals surface area contributed by atoms with E-state index in [1.165, 1.54) is 16.8 Å². The second kappa shape index (κ2) is 6.53. The first-order valence-corrected chi connectivity index (χ1v) is 7.80. The number of nitriles is 1. The lowest BCUT2D eigenvalue weighted by Crippen LogP contribution is -2.30.